The van der Waals surface area contributed by atoms with E-state index in [-0.39, 0.29) is 5.78 Å². The fourth-order valence-electron chi connectivity index (χ4n) is 2.78. The number of benzene rings is 2. The molecule has 2 heteroatoms. The summed E-state index contributed by atoms with van der Waals surface area (Å²) < 4.78 is 0.954. The molecule has 3 rings (SSSR count). The third kappa shape index (κ3) is 2.30. The van der Waals surface area contributed by atoms with E-state index in [0.29, 0.717) is 0 Å². The molecule has 104 valence electrons. The zero-order chi connectivity index (χ0) is 15.0. The Labute approximate surface area is 133 Å². The summed E-state index contributed by atoms with van der Waals surface area (Å²) in [4.78, 5) is 12.9. The predicted octanol–water partition coefficient (Wildman–Crippen LogP) is 5.28. The predicted molar refractivity (Wildman–Crippen MR) is 90.8 cm³/mol. The molecular formula is C19H15BrO. The first kappa shape index (κ1) is 14.0. The zero-order valence-corrected chi connectivity index (χ0v) is 13.6. The van der Waals surface area contributed by atoms with Crippen LogP contribution in [0.1, 0.15) is 25.0 Å². The Balaban J connectivity index is 2.14. The zero-order valence-electron chi connectivity index (χ0n) is 12.0. The molecule has 0 radical (unpaired) electrons. The Bertz CT molecular complexity index is 782. The van der Waals surface area contributed by atoms with Gasteiger partial charge in [0.1, 0.15) is 0 Å². The first-order chi connectivity index (χ1) is 10.1. The number of carbonyl (C=O) groups excluding carboxylic acids is 1. The maximum Gasteiger partial charge on any atom is 0.194 e. The lowest BCUT2D eigenvalue weighted by atomic mass is 9.96. The molecule has 2 aromatic carbocycles. The number of hydrogen-bond acceptors (Lipinski definition) is 1. The number of allylic oxidation sites excluding steroid dienone is 4. The van der Waals surface area contributed by atoms with Crippen LogP contribution in [0.3, 0.4) is 0 Å². The van der Waals surface area contributed by atoms with E-state index in [9.17, 15) is 4.79 Å². The Morgan fingerprint density at radius 2 is 1.33 bits per heavy atom. The van der Waals surface area contributed by atoms with Gasteiger partial charge in [-0.2, -0.15) is 0 Å². The molecule has 0 atom stereocenters. The Morgan fingerprint density at radius 1 is 0.762 bits per heavy atom. The molecule has 1 aliphatic rings. The van der Waals surface area contributed by atoms with Gasteiger partial charge in [0.05, 0.1) is 0 Å². The Morgan fingerprint density at radius 3 is 2.00 bits per heavy atom. The lowest BCUT2D eigenvalue weighted by molar-refractivity contribution is -0.108. The molecule has 1 nitrogen and oxygen atoms in total. The smallest absolute Gasteiger partial charge is 0.194 e. The van der Waals surface area contributed by atoms with Crippen LogP contribution in [0.25, 0.3) is 11.1 Å². The molecule has 0 unspecified atom stereocenters. The highest BCUT2D eigenvalue weighted by atomic mass is 79.9. The minimum absolute atomic E-state index is 0.114. The Hall–Kier alpha value is -1.93. The molecule has 0 aliphatic heterocycles. The van der Waals surface area contributed by atoms with E-state index in [4.69, 9.17) is 0 Å². The van der Waals surface area contributed by atoms with E-state index < -0.39 is 0 Å². The van der Waals surface area contributed by atoms with Crippen molar-refractivity contribution in [3.05, 3.63) is 81.3 Å². The van der Waals surface area contributed by atoms with Gasteiger partial charge in [0.25, 0.3) is 0 Å². The average molecular weight is 339 g/mol. The van der Waals surface area contributed by atoms with E-state index >= 15 is 0 Å². The van der Waals surface area contributed by atoms with Crippen molar-refractivity contribution in [1.29, 1.82) is 0 Å². The van der Waals surface area contributed by atoms with Gasteiger partial charge in [0.2, 0.25) is 0 Å². The van der Waals surface area contributed by atoms with Crippen LogP contribution in [0.2, 0.25) is 0 Å². The van der Waals surface area contributed by atoms with Crippen molar-refractivity contribution in [2.45, 2.75) is 13.8 Å². The number of rotatable bonds is 2. The third-order valence-corrected chi connectivity index (χ3v) is 4.66. The average Bonchev–Trinajstić information content (AvgIpc) is 2.71. The summed E-state index contributed by atoms with van der Waals surface area (Å²) >= 11 is 3.55. The van der Waals surface area contributed by atoms with Gasteiger partial charge in [-0.25, -0.2) is 0 Å². The molecule has 2 aromatic rings. The Kier molecular flexibility index (Phi) is 3.64. The van der Waals surface area contributed by atoms with Gasteiger partial charge in [-0.3, -0.25) is 4.79 Å². The number of carbonyl (C=O) groups is 1. The normalized spacial score (nSPS) is 15.1. The highest BCUT2D eigenvalue weighted by Crippen LogP contribution is 2.41. The fourth-order valence-corrected chi connectivity index (χ4v) is 3.26. The van der Waals surface area contributed by atoms with E-state index in [1.807, 2.05) is 68.4 Å². The minimum atomic E-state index is 0.114. The SMILES string of the molecule is CC1=C(c2ccccc2)C(=O)C(c2ccccc2Br)=C1C. The minimum Gasteiger partial charge on any atom is -0.289 e. The summed E-state index contributed by atoms with van der Waals surface area (Å²) in [6.07, 6.45) is 0. The van der Waals surface area contributed by atoms with Gasteiger partial charge in [0.15, 0.2) is 5.78 Å². The molecule has 0 N–H and O–H groups in total. The highest BCUT2D eigenvalue weighted by Gasteiger charge is 2.30. The maximum absolute atomic E-state index is 12.9. The second-order valence-corrected chi connectivity index (χ2v) is 6.03. The van der Waals surface area contributed by atoms with Crippen LogP contribution in [0.5, 0.6) is 0 Å². The van der Waals surface area contributed by atoms with Crippen molar-refractivity contribution in [2.24, 2.45) is 0 Å². The largest absolute Gasteiger partial charge is 0.289 e. The van der Waals surface area contributed by atoms with E-state index in [0.717, 1.165) is 37.9 Å². The molecule has 0 bridgehead atoms. The quantitative estimate of drug-likeness (QED) is 0.728. The summed E-state index contributed by atoms with van der Waals surface area (Å²) in [5.74, 6) is 0.114. The standard InChI is InChI=1S/C19H15BrO/c1-12-13(2)18(15-10-6-7-11-16(15)20)19(21)17(12)14-8-4-3-5-9-14/h3-11H,1-2H3. The number of Topliss-reactive ketones (excluding diaryl/α,β-unsaturated/α-hetero) is 1. The van der Waals surface area contributed by atoms with E-state index in [2.05, 4.69) is 15.9 Å². The summed E-state index contributed by atoms with van der Waals surface area (Å²) in [5, 5.41) is 0. The number of ketones is 1. The second-order valence-electron chi connectivity index (χ2n) is 5.17. The molecule has 0 aromatic heterocycles. The van der Waals surface area contributed by atoms with Crippen molar-refractivity contribution < 1.29 is 4.79 Å². The summed E-state index contributed by atoms with van der Waals surface area (Å²) in [5.41, 5.74) is 5.70. The lowest BCUT2D eigenvalue weighted by Gasteiger charge is -2.07. The molecular weight excluding hydrogens is 324 g/mol. The van der Waals surface area contributed by atoms with Crippen LogP contribution < -0.4 is 0 Å². The van der Waals surface area contributed by atoms with Crippen molar-refractivity contribution in [3.8, 4) is 0 Å². The first-order valence-electron chi connectivity index (χ1n) is 6.88. The number of halogens is 1. The molecule has 0 saturated carbocycles. The molecule has 0 saturated heterocycles. The molecule has 0 fully saturated rings. The molecule has 0 spiro atoms. The van der Waals surface area contributed by atoms with Gasteiger partial charge >= 0.3 is 0 Å². The molecule has 0 heterocycles. The van der Waals surface area contributed by atoms with Gasteiger partial charge in [-0.15, -0.1) is 0 Å². The number of hydrogen-bond donors (Lipinski definition) is 0. The van der Waals surface area contributed by atoms with Crippen molar-refractivity contribution in [1.82, 2.24) is 0 Å². The lowest BCUT2D eigenvalue weighted by Crippen LogP contribution is -2.02. The van der Waals surface area contributed by atoms with Crippen LogP contribution in [0.15, 0.2) is 70.2 Å². The summed E-state index contributed by atoms with van der Waals surface area (Å²) in [7, 11) is 0. The van der Waals surface area contributed by atoms with Crippen LogP contribution in [0.4, 0.5) is 0 Å². The van der Waals surface area contributed by atoms with Crippen molar-refractivity contribution in [3.63, 3.8) is 0 Å². The third-order valence-electron chi connectivity index (χ3n) is 3.97. The van der Waals surface area contributed by atoms with Crippen molar-refractivity contribution in [2.75, 3.05) is 0 Å². The van der Waals surface area contributed by atoms with Gasteiger partial charge in [0, 0.05) is 21.2 Å². The maximum atomic E-state index is 12.9. The van der Waals surface area contributed by atoms with Crippen LogP contribution in [-0.4, -0.2) is 5.78 Å². The van der Waals surface area contributed by atoms with E-state index in [1.165, 1.54) is 0 Å². The van der Waals surface area contributed by atoms with Gasteiger partial charge < -0.3 is 0 Å². The first-order valence-corrected chi connectivity index (χ1v) is 7.67. The van der Waals surface area contributed by atoms with Gasteiger partial charge in [-0.05, 0) is 36.6 Å². The van der Waals surface area contributed by atoms with Crippen LogP contribution >= 0.6 is 15.9 Å². The molecule has 21 heavy (non-hydrogen) atoms. The van der Waals surface area contributed by atoms with Crippen LogP contribution in [0, 0.1) is 0 Å². The fraction of sp³-hybridized carbons (Fsp3) is 0.105. The van der Waals surface area contributed by atoms with Crippen LogP contribution in [-0.2, 0) is 4.79 Å². The monoisotopic (exact) mass is 338 g/mol. The molecule has 1 aliphatic carbocycles. The van der Waals surface area contributed by atoms with E-state index in [1.54, 1.807) is 0 Å². The summed E-state index contributed by atoms with van der Waals surface area (Å²) in [6, 6.07) is 17.8. The highest BCUT2D eigenvalue weighted by molar-refractivity contribution is 9.10. The second kappa shape index (κ2) is 5.45. The molecule has 0 amide bonds. The summed E-state index contributed by atoms with van der Waals surface area (Å²) in [6.45, 7) is 4.05. The van der Waals surface area contributed by atoms with Crippen molar-refractivity contribution >= 4 is 32.9 Å². The topological polar surface area (TPSA) is 17.1 Å². The van der Waals surface area contributed by atoms with Gasteiger partial charge in [-0.1, -0.05) is 64.5 Å².